The smallest absolute Gasteiger partial charge is 0.308 e. The summed E-state index contributed by atoms with van der Waals surface area (Å²) >= 11 is 0. The number of rotatable bonds is 3. The molecule has 0 aliphatic carbocycles. The van der Waals surface area contributed by atoms with Crippen molar-refractivity contribution in [2.24, 2.45) is 5.92 Å². The lowest BCUT2D eigenvalue weighted by atomic mass is 9.94. The molecule has 0 bridgehead atoms. The van der Waals surface area contributed by atoms with Crippen molar-refractivity contribution in [3.05, 3.63) is 23.3 Å². The van der Waals surface area contributed by atoms with Gasteiger partial charge in [-0.2, -0.15) is 0 Å². The van der Waals surface area contributed by atoms with Crippen molar-refractivity contribution in [3.8, 4) is 5.75 Å². The Bertz CT molecular complexity index is 545. The zero-order valence-electron chi connectivity index (χ0n) is 12.4. The normalized spacial score (nSPS) is 21.8. The molecule has 1 aromatic carbocycles. The van der Waals surface area contributed by atoms with Crippen LogP contribution < -0.4 is 15.0 Å². The topological polar surface area (TPSA) is 61.8 Å². The lowest BCUT2D eigenvalue weighted by Gasteiger charge is -2.35. The molecule has 5 nitrogen and oxygen atoms in total. The molecule has 1 fully saturated rings. The summed E-state index contributed by atoms with van der Waals surface area (Å²) in [6.45, 7) is 3.33. The number of methoxy groups -OCH3 is 1. The van der Waals surface area contributed by atoms with Crippen LogP contribution in [0.2, 0.25) is 0 Å². The van der Waals surface area contributed by atoms with Gasteiger partial charge in [-0.15, -0.1) is 0 Å². The van der Waals surface area contributed by atoms with Gasteiger partial charge in [-0.3, -0.25) is 4.79 Å². The van der Waals surface area contributed by atoms with Crippen LogP contribution in [0.4, 0.5) is 5.69 Å². The third kappa shape index (κ3) is 2.70. The molecule has 21 heavy (non-hydrogen) atoms. The number of carboxylic acids is 1. The van der Waals surface area contributed by atoms with E-state index in [4.69, 9.17) is 4.74 Å². The number of carbonyl (C=O) groups is 1. The summed E-state index contributed by atoms with van der Waals surface area (Å²) in [4.78, 5) is 13.5. The Labute approximate surface area is 124 Å². The Hall–Kier alpha value is -1.75. The van der Waals surface area contributed by atoms with Gasteiger partial charge in [-0.1, -0.05) is 0 Å². The SMILES string of the molecule is COc1ccc(N2CCCC(C(=O)O)C2)c2c1CCNC2. The average molecular weight is 290 g/mol. The van der Waals surface area contributed by atoms with E-state index >= 15 is 0 Å². The maximum absolute atomic E-state index is 11.3. The molecule has 2 aliphatic heterocycles. The number of hydrogen-bond acceptors (Lipinski definition) is 4. The second-order valence-electron chi connectivity index (χ2n) is 5.79. The van der Waals surface area contributed by atoms with Crippen LogP contribution >= 0.6 is 0 Å². The highest BCUT2D eigenvalue weighted by molar-refractivity contribution is 5.72. The predicted molar refractivity (Wildman–Crippen MR) is 81.0 cm³/mol. The Balaban J connectivity index is 1.93. The molecule has 2 N–H and O–H groups in total. The number of anilines is 1. The van der Waals surface area contributed by atoms with Gasteiger partial charge in [0.1, 0.15) is 5.75 Å². The summed E-state index contributed by atoms with van der Waals surface area (Å²) in [5.41, 5.74) is 3.71. The molecule has 0 aromatic heterocycles. The molecule has 5 heteroatoms. The largest absolute Gasteiger partial charge is 0.496 e. The summed E-state index contributed by atoms with van der Waals surface area (Å²) in [6.07, 6.45) is 2.68. The highest BCUT2D eigenvalue weighted by Gasteiger charge is 2.28. The number of carboxylic acid groups (broad SMARTS) is 1. The van der Waals surface area contributed by atoms with Gasteiger partial charge in [0, 0.05) is 30.9 Å². The first-order chi connectivity index (χ1) is 10.2. The van der Waals surface area contributed by atoms with Crippen LogP contribution in [0.5, 0.6) is 5.75 Å². The molecular weight excluding hydrogens is 268 g/mol. The van der Waals surface area contributed by atoms with Crippen LogP contribution in [0.1, 0.15) is 24.0 Å². The summed E-state index contributed by atoms with van der Waals surface area (Å²) in [7, 11) is 1.71. The zero-order chi connectivity index (χ0) is 14.8. The van der Waals surface area contributed by atoms with Crippen LogP contribution in [0.3, 0.4) is 0 Å². The quantitative estimate of drug-likeness (QED) is 0.886. The first kappa shape index (κ1) is 14.2. The number of piperidine rings is 1. The van der Waals surface area contributed by atoms with Gasteiger partial charge in [-0.25, -0.2) is 0 Å². The van der Waals surface area contributed by atoms with Crippen molar-refractivity contribution in [2.75, 3.05) is 31.6 Å². The second-order valence-corrected chi connectivity index (χ2v) is 5.79. The number of ether oxygens (including phenoxy) is 1. The standard InChI is InChI=1S/C16H22N2O3/c1-21-15-5-4-14(13-9-17-7-6-12(13)15)18-8-2-3-11(10-18)16(19)20/h4-5,11,17H,2-3,6-10H2,1H3,(H,19,20). The molecule has 2 heterocycles. The van der Waals surface area contributed by atoms with Crippen molar-refractivity contribution in [2.45, 2.75) is 25.8 Å². The fourth-order valence-corrected chi connectivity index (χ4v) is 3.44. The predicted octanol–water partition coefficient (Wildman–Crippen LogP) is 1.64. The van der Waals surface area contributed by atoms with E-state index < -0.39 is 5.97 Å². The minimum atomic E-state index is -0.680. The Morgan fingerprint density at radius 2 is 2.29 bits per heavy atom. The van der Waals surface area contributed by atoms with Crippen LogP contribution in [-0.2, 0) is 17.8 Å². The highest BCUT2D eigenvalue weighted by Crippen LogP contribution is 2.35. The van der Waals surface area contributed by atoms with E-state index in [1.165, 1.54) is 16.8 Å². The van der Waals surface area contributed by atoms with Gasteiger partial charge >= 0.3 is 5.97 Å². The number of hydrogen-bond donors (Lipinski definition) is 2. The van der Waals surface area contributed by atoms with Crippen molar-refractivity contribution in [1.82, 2.24) is 5.32 Å². The van der Waals surface area contributed by atoms with Crippen LogP contribution in [0, 0.1) is 5.92 Å². The van der Waals surface area contributed by atoms with E-state index in [1.54, 1.807) is 7.11 Å². The molecule has 3 rings (SSSR count). The van der Waals surface area contributed by atoms with Gasteiger partial charge < -0.3 is 20.1 Å². The van der Waals surface area contributed by atoms with Gasteiger partial charge in [0.25, 0.3) is 0 Å². The minimum Gasteiger partial charge on any atom is -0.496 e. The summed E-state index contributed by atoms with van der Waals surface area (Å²) in [6, 6.07) is 4.10. The Kier molecular flexibility index (Phi) is 4.01. The van der Waals surface area contributed by atoms with Crippen molar-refractivity contribution >= 4 is 11.7 Å². The number of benzene rings is 1. The molecule has 0 spiro atoms. The monoisotopic (exact) mass is 290 g/mol. The molecule has 0 amide bonds. The average Bonchev–Trinajstić information content (AvgIpc) is 2.54. The van der Waals surface area contributed by atoms with E-state index in [2.05, 4.69) is 16.3 Å². The maximum Gasteiger partial charge on any atom is 0.308 e. The van der Waals surface area contributed by atoms with E-state index in [-0.39, 0.29) is 5.92 Å². The van der Waals surface area contributed by atoms with Gasteiger partial charge in [0.05, 0.1) is 13.0 Å². The summed E-state index contributed by atoms with van der Waals surface area (Å²) < 4.78 is 5.47. The van der Waals surface area contributed by atoms with Gasteiger partial charge in [-0.05, 0) is 43.5 Å². The Morgan fingerprint density at radius 3 is 3.05 bits per heavy atom. The third-order valence-electron chi connectivity index (χ3n) is 4.55. The summed E-state index contributed by atoms with van der Waals surface area (Å²) in [5, 5.41) is 12.7. The van der Waals surface area contributed by atoms with E-state index in [1.807, 2.05) is 6.07 Å². The second kappa shape index (κ2) is 5.93. The molecule has 1 saturated heterocycles. The molecule has 114 valence electrons. The Morgan fingerprint density at radius 1 is 1.43 bits per heavy atom. The summed E-state index contributed by atoms with van der Waals surface area (Å²) in [5.74, 6) is 0.00954. The maximum atomic E-state index is 11.3. The lowest BCUT2D eigenvalue weighted by molar-refractivity contribution is -0.141. The first-order valence-corrected chi connectivity index (χ1v) is 7.58. The molecule has 0 radical (unpaired) electrons. The van der Waals surface area contributed by atoms with Crippen LogP contribution in [-0.4, -0.2) is 37.8 Å². The lowest BCUT2D eigenvalue weighted by Crippen LogP contribution is -2.40. The fourth-order valence-electron chi connectivity index (χ4n) is 3.44. The van der Waals surface area contributed by atoms with Crippen molar-refractivity contribution in [3.63, 3.8) is 0 Å². The number of aliphatic carboxylic acids is 1. The molecule has 1 atom stereocenters. The van der Waals surface area contributed by atoms with Crippen LogP contribution in [0.25, 0.3) is 0 Å². The molecule has 2 aliphatic rings. The van der Waals surface area contributed by atoms with Crippen molar-refractivity contribution < 1.29 is 14.6 Å². The number of nitrogens with one attached hydrogen (secondary N) is 1. The third-order valence-corrected chi connectivity index (χ3v) is 4.55. The highest BCUT2D eigenvalue weighted by atomic mass is 16.5. The zero-order valence-corrected chi connectivity index (χ0v) is 12.4. The fraction of sp³-hybridized carbons (Fsp3) is 0.562. The minimum absolute atomic E-state index is 0.256. The van der Waals surface area contributed by atoms with Crippen molar-refractivity contribution in [1.29, 1.82) is 0 Å². The molecule has 1 unspecified atom stereocenters. The molecular formula is C16H22N2O3. The molecule has 0 saturated carbocycles. The van der Waals surface area contributed by atoms with Gasteiger partial charge in [0.15, 0.2) is 0 Å². The van der Waals surface area contributed by atoms with Gasteiger partial charge in [0.2, 0.25) is 0 Å². The first-order valence-electron chi connectivity index (χ1n) is 7.58. The number of nitrogens with zero attached hydrogens (tertiary/aromatic N) is 1. The van der Waals surface area contributed by atoms with E-state index in [0.717, 1.165) is 44.6 Å². The number of fused-ring (bicyclic) bond motifs is 1. The van der Waals surface area contributed by atoms with Crippen LogP contribution in [0.15, 0.2) is 12.1 Å². The van der Waals surface area contributed by atoms with E-state index in [9.17, 15) is 9.90 Å². The molecule has 1 aromatic rings. The van der Waals surface area contributed by atoms with E-state index in [0.29, 0.717) is 6.54 Å².